The number of nitrogens with zero attached hydrogens (tertiary/aromatic N) is 4. The molecule has 10 heteroatoms. The molecule has 2 aliphatic heterocycles. The van der Waals surface area contributed by atoms with Crippen LogP contribution in [0.3, 0.4) is 0 Å². The standard InChI is InChI=1S/C20H23ClFN5O3/c1-20(11-28)6-8-27-17(18(29)25(20)2)13-10-26(7-5-16(13)24-27)19(30)23-12-3-4-15(22)14(21)9-12/h3-4,9,28H,5-8,10-11H2,1-2H3,(H,23,30). The number of aliphatic hydroxyl groups is 1. The quantitative estimate of drug-likeness (QED) is 0.758. The smallest absolute Gasteiger partial charge is 0.322 e. The summed E-state index contributed by atoms with van der Waals surface area (Å²) in [4.78, 5) is 29.1. The highest BCUT2D eigenvalue weighted by Gasteiger charge is 2.40. The Morgan fingerprint density at radius 2 is 2.17 bits per heavy atom. The Bertz CT molecular complexity index is 1030. The predicted octanol–water partition coefficient (Wildman–Crippen LogP) is 2.49. The topological polar surface area (TPSA) is 90.7 Å². The SMILES string of the molecule is CN1C(=O)c2c3c(nn2CCC1(C)CO)CCN(C(=O)Nc1ccc(F)c(Cl)c1)C3. The lowest BCUT2D eigenvalue weighted by Crippen LogP contribution is -2.49. The fourth-order valence-electron chi connectivity index (χ4n) is 3.88. The van der Waals surface area contributed by atoms with Crippen molar-refractivity contribution in [2.45, 2.75) is 38.4 Å². The number of aryl methyl sites for hydroxylation is 1. The molecule has 0 radical (unpaired) electrons. The molecule has 1 aromatic heterocycles. The zero-order chi connectivity index (χ0) is 21.6. The number of anilines is 1. The normalized spacial score (nSPS) is 21.2. The van der Waals surface area contributed by atoms with Crippen molar-refractivity contribution in [2.75, 3.05) is 25.5 Å². The molecule has 0 spiro atoms. The van der Waals surface area contributed by atoms with Crippen LogP contribution in [0, 0.1) is 5.82 Å². The summed E-state index contributed by atoms with van der Waals surface area (Å²) in [6.45, 7) is 2.90. The van der Waals surface area contributed by atoms with Crippen LogP contribution < -0.4 is 5.32 Å². The van der Waals surface area contributed by atoms with Gasteiger partial charge in [0, 0.05) is 37.8 Å². The maximum Gasteiger partial charge on any atom is 0.322 e. The van der Waals surface area contributed by atoms with Gasteiger partial charge < -0.3 is 20.2 Å². The molecule has 1 aromatic carbocycles. The van der Waals surface area contributed by atoms with Crippen LogP contribution in [-0.2, 0) is 19.5 Å². The van der Waals surface area contributed by atoms with Gasteiger partial charge in [0.25, 0.3) is 5.91 Å². The number of hydrogen-bond donors (Lipinski definition) is 2. The van der Waals surface area contributed by atoms with E-state index in [1.807, 2.05) is 6.92 Å². The van der Waals surface area contributed by atoms with Crippen LogP contribution >= 0.6 is 11.6 Å². The van der Waals surface area contributed by atoms with Gasteiger partial charge >= 0.3 is 6.03 Å². The van der Waals surface area contributed by atoms with Gasteiger partial charge in [0.2, 0.25) is 0 Å². The van der Waals surface area contributed by atoms with Gasteiger partial charge in [-0.15, -0.1) is 0 Å². The van der Waals surface area contributed by atoms with Crippen LogP contribution in [0.15, 0.2) is 18.2 Å². The molecule has 0 aliphatic carbocycles. The van der Waals surface area contributed by atoms with E-state index in [2.05, 4.69) is 10.4 Å². The highest BCUT2D eigenvalue weighted by molar-refractivity contribution is 6.31. The van der Waals surface area contributed by atoms with Crippen LogP contribution in [0.25, 0.3) is 0 Å². The molecule has 3 heterocycles. The molecule has 0 saturated heterocycles. The molecule has 1 atom stereocenters. The average molecular weight is 436 g/mol. The lowest BCUT2D eigenvalue weighted by atomic mass is 9.97. The maximum atomic E-state index is 13.3. The number of carbonyl (C=O) groups excluding carboxylic acids is 2. The van der Waals surface area contributed by atoms with Gasteiger partial charge in [-0.1, -0.05) is 11.6 Å². The minimum absolute atomic E-state index is 0.0729. The number of carbonyl (C=O) groups is 2. The Balaban J connectivity index is 1.57. The summed E-state index contributed by atoms with van der Waals surface area (Å²) in [7, 11) is 1.68. The number of fused-ring (bicyclic) bond motifs is 3. The number of rotatable bonds is 2. The second-order valence-corrected chi connectivity index (χ2v) is 8.40. The Kier molecular flexibility index (Phi) is 5.19. The number of aliphatic hydroxyl groups excluding tert-OH is 1. The summed E-state index contributed by atoms with van der Waals surface area (Å²) < 4.78 is 15.0. The van der Waals surface area contributed by atoms with Crippen LogP contribution in [0.4, 0.5) is 14.9 Å². The van der Waals surface area contributed by atoms with E-state index in [-0.39, 0.29) is 30.1 Å². The molecule has 1 unspecified atom stereocenters. The summed E-state index contributed by atoms with van der Waals surface area (Å²) >= 11 is 5.78. The minimum Gasteiger partial charge on any atom is -0.394 e. The molecule has 3 amide bonds. The fourth-order valence-corrected chi connectivity index (χ4v) is 4.06. The van der Waals surface area contributed by atoms with E-state index in [1.165, 1.54) is 18.2 Å². The summed E-state index contributed by atoms with van der Waals surface area (Å²) in [5.74, 6) is -0.775. The number of benzene rings is 1. The van der Waals surface area contributed by atoms with E-state index in [1.54, 1.807) is 21.5 Å². The number of likely N-dealkylation sites (N-methyl/N-ethyl adjacent to an activating group) is 1. The van der Waals surface area contributed by atoms with E-state index in [0.29, 0.717) is 37.3 Å². The molecule has 0 saturated carbocycles. The van der Waals surface area contributed by atoms with Crippen LogP contribution in [0.1, 0.15) is 35.1 Å². The fraction of sp³-hybridized carbons (Fsp3) is 0.450. The molecule has 4 rings (SSSR count). The van der Waals surface area contributed by atoms with Crippen LogP contribution in [0.2, 0.25) is 5.02 Å². The first-order valence-electron chi connectivity index (χ1n) is 9.72. The van der Waals surface area contributed by atoms with Gasteiger partial charge in [0.05, 0.1) is 29.4 Å². The van der Waals surface area contributed by atoms with Crippen molar-refractivity contribution in [3.8, 4) is 0 Å². The van der Waals surface area contributed by atoms with E-state index < -0.39 is 11.4 Å². The first-order valence-corrected chi connectivity index (χ1v) is 10.1. The van der Waals surface area contributed by atoms with Crippen LogP contribution in [-0.4, -0.2) is 62.4 Å². The highest BCUT2D eigenvalue weighted by Crippen LogP contribution is 2.30. The Morgan fingerprint density at radius 1 is 1.40 bits per heavy atom. The molecule has 2 N–H and O–H groups in total. The molecule has 30 heavy (non-hydrogen) atoms. The number of hydrogen-bond acceptors (Lipinski definition) is 4. The zero-order valence-corrected chi connectivity index (χ0v) is 17.5. The predicted molar refractivity (Wildman–Crippen MR) is 109 cm³/mol. The summed E-state index contributed by atoms with van der Waals surface area (Å²) in [5, 5.41) is 17.0. The third-order valence-electron chi connectivity index (χ3n) is 6.08. The van der Waals surface area contributed by atoms with Gasteiger partial charge in [-0.2, -0.15) is 5.10 Å². The van der Waals surface area contributed by atoms with Gasteiger partial charge in [-0.3, -0.25) is 9.48 Å². The largest absolute Gasteiger partial charge is 0.394 e. The Labute approximate surface area is 178 Å². The van der Waals surface area contributed by atoms with Gasteiger partial charge in [0.15, 0.2) is 0 Å². The minimum atomic E-state index is -0.668. The van der Waals surface area contributed by atoms with E-state index in [9.17, 15) is 19.1 Å². The summed E-state index contributed by atoms with van der Waals surface area (Å²) in [6, 6.07) is 3.62. The van der Waals surface area contributed by atoms with Crippen molar-refractivity contribution >= 4 is 29.2 Å². The second kappa shape index (κ2) is 7.55. The number of halogens is 2. The summed E-state index contributed by atoms with van der Waals surface area (Å²) in [5.41, 5.74) is 1.73. The average Bonchev–Trinajstić information content (AvgIpc) is 3.07. The Hall–Kier alpha value is -2.65. The third-order valence-corrected chi connectivity index (χ3v) is 6.37. The number of urea groups is 1. The zero-order valence-electron chi connectivity index (χ0n) is 16.8. The molecule has 0 fully saturated rings. The van der Waals surface area contributed by atoms with Crippen molar-refractivity contribution in [3.05, 3.63) is 46.0 Å². The van der Waals surface area contributed by atoms with Crippen molar-refractivity contribution in [2.24, 2.45) is 0 Å². The van der Waals surface area contributed by atoms with E-state index in [0.717, 1.165) is 11.3 Å². The third kappa shape index (κ3) is 3.41. The molecular formula is C20H23ClFN5O3. The number of aromatic nitrogens is 2. The molecule has 2 aliphatic rings. The second-order valence-electron chi connectivity index (χ2n) is 8.00. The number of amides is 3. The molecule has 160 valence electrons. The maximum absolute atomic E-state index is 13.3. The van der Waals surface area contributed by atoms with Gasteiger partial charge in [-0.25, -0.2) is 9.18 Å². The van der Waals surface area contributed by atoms with Crippen molar-refractivity contribution in [1.29, 1.82) is 0 Å². The summed E-state index contributed by atoms with van der Waals surface area (Å²) in [6.07, 6.45) is 1.11. The van der Waals surface area contributed by atoms with E-state index >= 15 is 0 Å². The first-order chi connectivity index (χ1) is 14.2. The number of nitrogens with one attached hydrogen (secondary N) is 1. The highest BCUT2D eigenvalue weighted by atomic mass is 35.5. The van der Waals surface area contributed by atoms with Crippen molar-refractivity contribution in [1.82, 2.24) is 19.6 Å². The molecule has 2 aromatic rings. The molecular weight excluding hydrogens is 413 g/mol. The molecule has 8 nitrogen and oxygen atoms in total. The Morgan fingerprint density at radius 3 is 2.87 bits per heavy atom. The van der Waals surface area contributed by atoms with Crippen molar-refractivity contribution < 1.29 is 19.1 Å². The lowest BCUT2D eigenvalue weighted by Gasteiger charge is -2.35. The van der Waals surface area contributed by atoms with Gasteiger partial charge in [0.1, 0.15) is 11.5 Å². The van der Waals surface area contributed by atoms with E-state index in [4.69, 9.17) is 11.6 Å². The monoisotopic (exact) mass is 435 g/mol. The lowest BCUT2D eigenvalue weighted by molar-refractivity contribution is 0.0399. The molecule has 0 bridgehead atoms. The first kappa shape index (κ1) is 20.6. The van der Waals surface area contributed by atoms with Gasteiger partial charge in [-0.05, 0) is 31.5 Å². The van der Waals surface area contributed by atoms with Crippen LogP contribution in [0.5, 0.6) is 0 Å². The van der Waals surface area contributed by atoms with Crippen molar-refractivity contribution in [3.63, 3.8) is 0 Å².